The quantitative estimate of drug-likeness (QED) is 0.345. The molecule has 0 aliphatic heterocycles. The number of benzene rings is 2. The summed E-state index contributed by atoms with van der Waals surface area (Å²) < 4.78 is 7.72. The number of rotatable bonds is 8. The Morgan fingerprint density at radius 1 is 1.14 bits per heavy atom. The number of fused-ring (bicyclic) bond motifs is 2. The van der Waals surface area contributed by atoms with Crippen LogP contribution in [-0.4, -0.2) is 32.4 Å². The maximum Gasteiger partial charge on any atom is 0.305 e. The zero-order valence-electron chi connectivity index (χ0n) is 19.4. The second kappa shape index (κ2) is 9.98. The first kappa shape index (κ1) is 22.6. The number of carbonyl (C=O) groups is 1. The molecular weight excluding hydrogens is 440 g/mol. The summed E-state index contributed by atoms with van der Waals surface area (Å²) in [6, 6.07) is 16.5. The molecule has 0 saturated carbocycles. The van der Waals surface area contributed by atoms with Crippen molar-refractivity contribution in [1.29, 1.82) is 0 Å². The lowest BCUT2D eigenvalue weighted by Gasteiger charge is -2.18. The van der Waals surface area contributed by atoms with Crippen molar-refractivity contribution in [3.8, 4) is 5.75 Å². The number of nitrogens with zero attached hydrogens (tertiary/aromatic N) is 4. The normalized spacial score (nSPS) is 13.7. The van der Waals surface area contributed by atoms with Gasteiger partial charge in [0.05, 0.1) is 37.4 Å². The molecule has 7 nitrogen and oxygen atoms in total. The molecule has 0 saturated heterocycles. The number of aromatic nitrogens is 3. The van der Waals surface area contributed by atoms with Crippen LogP contribution in [0.5, 0.6) is 5.75 Å². The summed E-state index contributed by atoms with van der Waals surface area (Å²) in [5, 5.41) is 14.9. The van der Waals surface area contributed by atoms with E-state index in [1.54, 1.807) is 29.1 Å². The van der Waals surface area contributed by atoms with Gasteiger partial charge >= 0.3 is 5.97 Å². The molecule has 2 heterocycles. The third-order valence-electron chi connectivity index (χ3n) is 6.48. The fourth-order valence-corrected chi connectivity index (χ4v) is 4.72. The monoisotopic (exact) mass is 466 g/mol. The van der Waals surface area contributed by atoms with E-state index >= 15 is 0 Å². The number of hydrogen-bond acceptors (Lipinski definition) is 4. The fourth-order valence-electron chi connectivity index (χ4n) is 4.72. The molecule has 0 bridgehead atoms. The van der Waals surface area contributed by atoms with E-state index in [-0.39, 0.29) is 6.42 Å². The van der Waals surface area contributed by atoms with Crippen LogP contribution >= 0.6 is 0 Å². The van der Waals surface area contributed by atoms with Crippen molar-refractivity contribution in [2.24, 2.45) is 0 Å². The fraction of sp³-hybridized carbons (Fsp3) is 0.286. The van der Waals surface area contributed by atoms with Crippen molar-refractivity contribution in [1.82, 2.24) is 14.8 Å². The predicted octanol–water partition coefficient (Wildman–Crippen LogP) is 5.55. The summed E-state index contributed by atoms with van der Waals surface area (Å²) in [5.41, 5.74) is 5.69. The van der Waals surface area contributed by atoms with Crippen LogP contribution in [-0.2, 0) is 24.1 Å². The molecule has 1 atom stereocenters. The molecule has 176 valence electrons. The van der Waals surface area contributed by atoms with E-state index in [4.69, 9.17) is 16.3 Å². The van der Waals surface area contributed by atoms with E-state index in [1.807, 2.05) is 24.3 Å². The van der Waals surface area contributed by atoms with Crippen molar-refractivity contribution in [2.45, 2.75) is 44.6 Å². The van der Waals surface area contributed by atoms with Crippen molar-refractivity contribution in [3.05, 3.63) is 94.7 Å². The van der Waals surface area contributed by atoms with Crippen LogP contribution in [0.4, 0.5) is 5.69 Å². The molecule has 0 radical (unpaired) electrons. The Kier molecular flexibility index (Phi) is 6.44. The van der Waals surface area contributed by atoms with Gasteiger partial charge in [0.25, 0.3) is 0 Å². The van der Waals surface area contributed by atoms with Gasteiger partial charge in [0.2, 0.25) is 0 Å². The Morgan fingerprint density at radius 2 is 2.03 bits per heavy atom. The highest BCUT2D eigenvalue weighted by Crippen LogP contribution is 2.30. The van der Waals surface area contributed by atoms with Gasteiger partial charge in [-0.05, 0) is 61.1 Å². The van der Waals surface area contributed by atoms with E-state index in [0.29, 0.717) is 12.3 Å². The number of carboxylic acid groups (broad SMARTS) is 1. The maximum absolute atomic E-state index is 11.6. The zero-order valence-corrected chi connectivity index (χ0v) is 19.4. The van der Waals surface area contributed by atoms with Crippen LogP contribution in [0.3, 0.4) is 0 Å². The molecular formula is C28H26N4O3. The Bertz CT molecular complexity index is 1420. The highest BCUT2D eigenvalue weighted by atomic mass is 16.5. The summed E-state index contributed by atoms with van der Waals surface area (Å²) in [4.78, 5) is 19.9. The van der Waals surface area contributed by atoms with E-state index in [2.05, 4.69) is 22.1 Å². The van der Waals surface area contributed by atoms with Gasteiger partial charge in [-0.25, -0.2) is 4.85 Å². The molecule has 2 aromatic carbocycles. The third kappa shape index (κ3) is 5.02. The molecule has 5 rings (SSSR count). The minimum atomic E-state index is -0.928. The van der Waals surface area contributed by atoms with Crippen LogP contribution < -0.4 is 4.74 Å². The van der Waals surface area contributed by atoms with Crippen LogP contribution in [0.15, 0.2) is 60.8 Å². The Hall–Kier alpha value is -4.18. The van der Waals surface area contributed by atoms with E-state index in [0.717, 1.165) is 47.2 Å². The number of pyridine rings is 1. The number of aliphatic carboxylic acids is 1. The lowest BCUT2D eigenvalue weighted by atomic mass is 9.96. The van der Waals surface area contributed by atoms with Gasteiger partial charge in [-0.1, -0.05) is 30.3 Å². The number of ether oxygens (including phenoxy) is 1. The molecule has 7 heteroatoms. The highest BCUT2D eigenvalue weighted by Gasteiger charge is 2.21. The van der Waals surface area contributed by atoms with Gasteiger partial charge in [0.15, 0.2) is 5.69 Å². The molecule has 4 aromatic rings. The number of hydrogen-bond donors (Lipinski definition) is 1. The van der Waals surface area contributed by atoms with Gasteiger partial charge < -0.3 is 9.84 Å². The second-order valence-corrected chi connectivity index (χ2v) is 8.84. The first-order valence-electron chi connectivity index (χ1n) is 11.9. The van der Waals surface area contributed by atoms with Gasteiger partial charge in [0, 0.05) is 23.2 Å². The average Bonchev–Trinajstić information content (AvgIpc) is 3.30. The molecule has 0 fully saturated rings. The Balaban J connectivity index is 1.32. The second-order valence-electron chi connectivity index (χ2n) is 8.84. The number of aryl methyl sites for hydroxylation is 2. The third-order valence-corrected chi connectivity index (χ3v) is 6.48. The molecule has 35 heavy (non-hydrogen) atoms. The van der Waals surface area contributed by atoms with Crippen LogP contribution in [0.25, 0.3) is 15.7 Å². The van der Waals surface area contributed by atoms with Crippen LogP contribution in [0, 0.1) is 6.57 Å². The predicted molar refractivity (Wildman–Crippen MR) is 133 cm³/mol. The minimum Gasteiger partial charge on any atom is -0.493 e. The molecule has 1 N–H and O–H groups in total. The minimum absolute atomic E-state index is 0.135. The van der Waals surface area contributed by atoms with Crippen molar-refractivity contribution in [3.63, 3.8) is 0 Å². The summed E-state index contributed by atoms with van der Waals surface area (Å²) in [7, 11) is 0. The first-order valence-corrected chi connectivity index (χ1v) is 11.9. The van der Waals surface area contributed by atoms with Crippen molar-refractivity contribution < 1.29 is 14.6 Å². The summed E-state index contributed by atoms with van der Waals surface area (Å²) in [6.45, 7) is 7.80. The summed E-state index contributed by atoms with van der Waals surface area (Å²) in [5.74, 6) is -0.192. The van der Waals surface area contributed by atoms with Crippen molar-refractivity contribution in [2.75, 3.05) is 6.61 Å². The maximum atomic E-state index is 11.6. The van der Waals surface area contributed by atoms with E-state index < -0.39 is 12.0 Å². The van der Waals surface area contributed by atoms with Gasteiger partial charge in [-0.15, -0.1) is 0 Å². The van der Waals surface area contributed by atoms with E-state index in [1.165, 1.54) is 24.1 Å². The molecule has 0 spiro atoms. The highest BCUT2D eigenvalue weighted by molar-refractivity contribution is 5.81. The molecule has 0 amide bonds. The van der Waals surface area contributed by atoms with Crippen molar-refractivity contribution >= 4 is 22.6 Å². The van der Waals surface area contributed by atoms with E-state index in [9.17, 15) is 9.90 Å². The smallest absolute Gasteiger partial charge is 0.305 e. The number of carboxylic acids is 1. The Labute approximate surface area is 203 Å². The molecule has 1 aliphatic rings. The zero-order chi connectivity index (χ0) is 24.2. The molecule has 1 unspecified atom stereocenters. The molecule has 1 aliphatic carbocycles. The van der Waals surface area contributed by atoms with Crippen LogP contribution in [0.1, 0.15) is 47.8 Å². The van der Waals surface area contributed by atoms with Crippen LogP contribution in [0.2, 0.25) is 0 Å². The SMILES string of the molecule is [C-]#[N+]c1cccc(C(CC(=O)O)n2ncc3cc(OCCc4ccc5c(n4)CCCC5)ccc32)c1. The standard InChI is InChI=1S/C28H26N4O3/c1-29-23-7-4-6-20(15-23)27(17-28(33)34)32-26-12-11-24(16-21(26)18-30-32)35-14-13-22-10-9-19-5-2-3-8-25(19)31-22/h4,6-7,9-12,15-16,18,27H,2-3,5,8,13-14,17H2,(H,33,34). The lowest BCUT2D eigenvalue weighted by Crippen LogP contribution is -2.16. The largest absolute Gasteiger partial charge is 0.493 e. The summed E-state index contributed by atoms with van der Waals surface area (Å²) in [6.07, 6.45) is 6.99. The topological polar surface area (TPSA) is 81.6 Å². The summed E-state index contributed by atoms with van der Waals surface area (Å²) >= 11 is 0. The van der Waals surface area contributed by atoms with Gasteiger partial charge in [0.1, 0.15) is 5.75 Å². The average molecular weight is 467 g/mol. The first-order chi connectivity index (χ1) is 17.1. The van der Waals surface area contributed by atoms with Gasteiger partial charge in [-0.2, -0.15) is 5.10 Å². The Morgan fingerprint density at radius 3 is 2.89 bits per heavy atom. The van der Waals surface area contributed by atoms with Gasteiger partial charge in [-0.3, -0.25) is 14.5 Å². The molecule has 2 aromatic heterocycles. The lowest BCUT2D eigenvalue weighted by molar-refractivity contribution is -0.137.